The monoisotopic (exact) mass is 246 g/mol. The quantitative estimate of drug-likeness (QED) is 0.835. The van der Waals surface area contributed by atoms with Crippen LogP contribution in [0.5, 0.6) is 5.75 Å². The highest BCUT2D eigenvalue weighted by Crippen LogP contribution is 2.23. The summed E-state index contributed by atoms with van der Waals surface area (Å²) in [5, 5.41) is 7.02. The van der Waals surface area contributed by atoms with Crippen LogP contribution in [0, 0.1) is 0 Å². The zero-order valence-electron chi connectivity index (χ0n) is 7.73. The first kappa shape index (κ1) is 10.8. The van der Waals surface area contributed by atoms with Crippen LogP contribution in [0.25, 0.3) is 11.5 Å². The highest BCUT2D eigenvalue weighted by atomic mass is 35.5. The number of hydrogen-bond acceptors (Lipinski definition) is 4. The van der Waals surface area contributed by atoms with Crippen LogP contribution >= 0.6 is 11.6 Å². The first-order chi connectivity index (χ1) is 7.65. The summed E-state index contributed by atoms with van der Waals surface area (Å²) in [7, 11) is 0. The molecule has 0 fully saturated rings. The molecular formula is C9H5ClF2N2O2. The molecule has 0 radical (unpaired) electrons. The number of aromatic nitrogens is 2. The van der Waals surface area contributed by atoms with Crippen LogP contribution in [0.15, 0.2) is 28.7 Å². The Kier molecular flexibility index (Phi) is 3.00. The molecular weight excluding hydrogens is 242 g/mol. The van der Waals surface area contributed by atoms with Crippen LogP contribution < -0.4 is 4.74 Å². The van der Waals surface area contributed by atoms with E-state index in [0.29, 0.717) is 5.56 Å². The maximum Gasteiger partial charge on any atom is 0.387 e. The molecule has 0 saturated carbocycles. The normalized spacial score (nSPS) is 10.8. The molecule has 4 nitrogen and oxygen atoms in total. The molecule has 16 heavy (non-hydrogen) atoms. The van der Waals surface area contributed by atoms with Gasteiger partial charge in [-0.2, -0.15) is 8.78 Å². The molecule has 0 atom stereocenters. The van der Waals surface area contributed by atoms with Crippen LogP contribution in [-0.4, -0.2) is 16.8 Å². The first-order valence-electron chi connectivity index (χ1n) is 4.19. The molecule has 0 aliphatic rings. The Morgan fingerprint density at radius 2 is 1.88 bits per heavy atom. The van der Waals surface area contributed by atoms with E-state index >= 15 is 0 Å². The highest BCUT2D eigenvalue weighted by Gasteiger charge is 2.08. The van der Waals surface area contributed by atoms with Gasteiger partial charge in [-0.25, -0.2) is 0 Å². The number of benzene rings is 1. The summed E-state index contributed by atoms with van der Waals surface area (Å²) < 4.78 is 32.9. The predicted molar refractivity (Wildman–Crippen MR) is 51.4 cm³/mol. The lowest BCUT2D eigenvalue weighted by Crippen LogP contribution is -2.01. The lowest BCUT2D eigenvalue weighted by molar-refractivity contribution is -0.0498. The fourth-order valence-corrected chi connectivity index (χ4v) is 1.21. The number of alkyl halides is 2. The smallest absolute Gasteiger partial charge is 0.387 e. The molecule has 0 spiro atoms. The molecule has 2 rings (SSSR count). The Labute approximate surface area is 93.8 Å². The highest BCUT2D eigenvalue weighted by molar-refractivity contribution is 6.27. The Hall–Kier alpha value is -1.69. The van der Waals surface area contributed by atoms with Crippen molar-refractivity contribution in [3.05, 3.63) is 29.6 Å². The Balaban J connectivity index is 2.19. The molecule has 1 aromatic heterocycles. The second-order valence-corrected chi connectivity index (χ2v) is 3.09. The number of halogens is 3. The third kappa shape index (κ3) is 2.46. The molecule has 2 aromatic rings. The van der Waals surface area contributed by atoms with Gasteiger partial charge in [-0.3, -0.25) is 0 Å². The van der Waals surface area contributed by atoms with E-state index < -0.39 is 6.61 Å². The summed E-state index contributed by atoms with van der Waals surface area (Å²) in [6.45, 7) is -2.84. The summed E-state index contributed by atoms with van der Waals surface area (Å²) in [5.41, 5.74) is 0.570. The molecule has 0 aliphatic heterocycles. The van der Waals surface area contributed by atoms with E-state index in [2.05, 4.69) is 14.9 Å². The Bertz CT molecular complexity index is 473. The van der Waals surface area contributed by atoms with E-state index in [9.17, 15) is 8.78 Å². The maximum atomic E-state index is 11.9. The van der Waals surface area contributed by atoms with Gasteiger partial charge in [-0.15, -0.1) is 5.10 Å². The molecule has 0 saturated heterocycles. The van der Waals surface area contributed by atoms with E-state index in [1.54, 1.807) is 0 Å². The molecule has 0 aliphatic carbocycles. The van der Waals surface area contributed by atoms with Gasteiger partial charge in [0.2, 0.25) is 5.89 Å². The molecule has 0 amide bonds. The van der Waals surface area contributed by atoms with Crippen molar-refractivity contribution in [2.45, 2.75) is 6.61 Å². The minimum absolute atomic E-state index is 0.0596. The van der Waals surface area contributed by atoms with Crippen LogP contribution in [-0.2, 0) is 0 Å². The third-order valence-electron chi connectivity index (χ3n) is 1.73. The minimum atomic E-state index is -2.84. The minimum Gasteiger partial charge on any atom is -0.435 e. The molecule has 1 heterocycles. The van der Waals surface area contributed by atoms with E-state index in [1.165, 1.54) is 24.3 Å². The van der Waals surface area contributed by atoms with E-state index in [0.717, 1.165) is 0 Å². The molecule has 0 unspecified atom stereocenters. The fraction of sp³-hybridized carbons (Fsp3) is 0.111. The topological polar surface area (TPSA) is 48.2 Å². The molecule has 84 valence electrons. The van der Waals surface area contributed by atoms with E-state index in [4.69, 9.17) is 16.0 Å². The van der Waals surface area contributed by atoms with Crippen molar-refractivity contribution < 1.29 is 17.9 Å². The average Bonchev–Trinajstić information content (AvgIpc) is 2.65. The van der Waals surface area contributed by atoms with Gasteiger partial charge in [0.1, 0.15) is 5.75 Å². The number of rotatable bonds is 3. The van der Waals surface area contributed by atoms with Gasteiger partial charge in [-0.1, -0.05) is 5.10 Å². The summed E-state index contributed by atoms with van der Waals surface area (Å²) in [5.74, 6) is 0.276. The zero-order chi connectivity index (χ0) is 11.5. The largest absolute Gasteiger partial charge is 0.435 e. The number of nitrogens with zero attached hydrogens (tertiary/aromatic N) is 2. The van der Waals surface area contributed by atoms with Gasteiger partial charge in [0, 0.05) is 5.56 Å². The van der Waals surface area contributed by atoms with Gasteiger partial charge < -0.3 is 9.15 Å². The fourth-order valence-electron chi connectivity index (χ4n) is 1.10. The van der Waals surface area contributed by atoms with Crippen molar-refractivity contribution in [2.75, 3.05) is 0 Å². The van der Waals surface area contributed by atoms with Crippen molar-refractivity contribution in [3.8, 4) is 17.2 Å². The summed E-state index contributed by atoms with van der Waals surface area (Å²) >= 11 is 5.45. The molecule has 1 aromatic carbocycles. The summed E-state index contributed by atoms with van der Waals surface area (Å²) in [6.07, 6.45) is 0. The van der Waals surface area contributed by atoms with Gasteiger partial charge in [0.15, 0.2) is 0 Å². The van der Waals surface area contributed by atoms with E-state index in [1.807, 2.05) is 0 Å². The van der Waals surface area contributed by atoms with Crippen molar-refractivity contribution in [1.82, 2.24) is 10.2 Å². The van der Waals surface area contributed by atoms with Gasteiger partial charge in [-0.05, 0) is 35.9 Å². The SMILES string of the molecule is FC(F)Oc1ccc(-c2nnc(Cl)o2)cc1. The number of ether oxygens (including phenoxy) is 1. The van der Waals surface area contributed by atoms with Gasteiger partial charge in [0.25, 0.3) is 0 Å². The lowest BCUT2D eigenvalue weighted by atomic mass is 10.2. The molecule has 0 bridgehead atoms. The van der Waals surface area contributed by atoms with E-state index in [-0.39, 0.29) is 17.0 Å². The van der Waals surface area contributed by atoms with Crippen molar-refractivity contribution in [3.63, 3.8) is 0 Å². The molecule has 7 heteroatoms. The Morgan fingerprint density at radius 1 is 1.19 bits per heavy atom. The van der Waals surface area contributed by atoms with Crippen molar-refractivity contribution in [1.29, 1.82) is 0 Å². The zero-order valence-corrected chi connectivity index (χ0v) is 8.49. The average molecular weight is 247 g/mol. The van der Waals surface area contributed by atoms with Crippen molar-refractivity contribution >= 4 is 11.6 Å². The predicted octanol–water partition coefficient (Wildman–Crippen LogP) is 2.99. The Morgan fingerprint density at radius 3 is 2.38 bits per heavy atom. The maximum absolute atomic E-state index is 11.9. The standard InChI is InChI=1S/C9H5ClF2N2O2/c10-8-14-13-7(16-8)5-1-3-6(4-2-5)15-9(11)12/h1-4,9H. The van der Waals surface area contributed by atoms with Crippen molar-refractivity contribution in [2.24, 2.45) is 0 Å². The van der Waals surface area contributed by atoms with Crippen LogP contribution in [0.3, 0.4) is 0 Å². The van der Waals surface area contributed by atoms with Crippen LogP contribution in [0.4, 0.5) is 8.78 Å². The second kappa shape index (κ2) is 4.44. The molecule has 0 N–H and O–H groups in total. The summed E-state index contributed by atoms with van der Waals surface area (Å²) in [6, 6.07) is 5.78. The first-order valence-corrected chi connectivity index (χ1v) is 4.57. The van der Waals surface area contributed by atoms with Crippen LogP contribution in [0.1, 0.15) is 0 Å². The van der Waals surface area contributed by atoms with Gasteiger partial charge >= 0.3 is 12.0 Å². The second-order valence-electron chi connectivity index (χ2n) is 2.76. The lowest BCUT2D eigenvalue weighted by Gasteiger charge is -2.03. The van der Waals surface area contributed by atoms with Gasteiger partial charge in [0.05, 0.1) is 0 Å². The number of hydrogen-bond donors (Lipinski definition) is 0. The summed E-state index contributed by atoms with van der Waals surface area (Å²) in [4.78, 5) is 0. The van der Waals surface area contributed by atoms with Crippen LogP contribution in [0.2, 0.25) is 5.35 Å². The third-order valence-corrected chi connectivity index (χ3v) is 1.88.